The summed E-state index contributed by atoms with van der Waals surface area (Å²) >= 11 is 1.64. The molecule has 49 heavy (non-hydrogen) atoms. The number of carbonyl (C=O) groups excluding carboxylic acids is 1. The van der Waals surface area contributed by atoms with E-state index in [-0.39, 0.29) is 54.7 Å². The second-order valence-electron chi connectivity index (χ2n) is 14.9. The first-order valence-corrected chi connectivity index (χ1v) is 21.6. The molecular formula is C41H52FIrN2O2SSi-. The number of hydrogen-bond donors (Lipinski definition) is 1. The second-order valence-corrected chi connectivity index (χ2v) is 21.0. The number of ketones is 1. The van der Waals surface area contributed by atoms with Crippen molar-refractivity contribution in [1.82, 2.24) is 9.97 Å². The quantitative estimate of drug-likeness (QED) is 0.0693. The fourth-order valence-corrected chi connectivity index (χ4v) is 8.45. The molecule has 8 heteroatoms. The minimum Gasteiger partial charge on any atom is -0.512 e. The molecule has 1 radical (unpaired) electrons. The van der Waals surface area contributed by atoms with Crippen LogP contribution < -0.4 is 5.19 Å². The van der Waals surface area contributed by atoms with Gasteiger partial charge in [-0.05, 0) is 42.7 Å². The Morgan fingerprint density at radius 2 is 1.57 bits per heavy atom. The molecule has 0 atom stereocenters. The van der Waals surface area contributed by atoms with Crippen molar-refractivity contribution in [2.75, 3.05) is 0 Å². The van der Waals surface area contributed by atoms with Crippen LogP contribution in [0, 0.1) is 30.6 Å². The van der Waals surface area contributed by atoms with Crippen molar-refractivity contribution >= 4 is 61.5 Å². The average Bonchev–Trinajstić information content (AvgIpc) is 3.41. The van der Waals surface area contributed by atoms with Crippen LogP contribution in [0.2, 0.25) is 19.6 Å². The number of aliphatic hydroxyl groups is 1. The number of allylic oxidation sites excluding steroid dienone is 2. The molecule has 0 aliphatic rings. The van der Waals surface area contributed by atoms with Crippen LogP contribution in [0.1, 0.15) is 85.3 Å². The number of thiophene rings is 1. The van der Waals surface area contributed by atoms with E-state index in [9.17, 15) is 9.90 Å². The van der Waals surface area contributed by atoms with Gasteiger partial charge in [-0.1, -0.05) is 121 Å². The zero-order valence-corrected chi connectivity index (χ0v) is 35.2. The number of nitrogens with zero attached hydrogens (tertiary/aromatic N) is 2. The van der Waals surface area contributed by atoms with E-state index in [1.807, 2.05) is 40.7 Å². The Morgan fingerprint density at radius 1 is 0.959 bits per heavy atom. The smallest absolute Gasteiger partial charge is 0.162 e. The van der Waals surface area contributed by atoms with Gasteiger partial charge in [-0.2, -0.15) is 0 Å². The molecule has 2 aromatic heterocycles. The maximum Gasteiger partial charge on any atom is 0.162 e. The Balaban J connectivity index is 0.000000347. The van der Waals surface area contributed by atoms with Gasteiger partial charge < -0.3 is 5.11 Å². The molecule has 0 spiro atoms. The summed E-state index contributed by atoms with van der Waals surface area (Å²) in [5, 5.41) is 14.1. The third-order valence-corrected chi connectivity index (χ3v) is 12.7. The second kappa shape index (κ2) is 16.5. The number of rotatable bonds is 9. The predicted octanol–water partition coefficient (Wildman–Crippen LogP) is 11.6. The first-order valence-electron chi connectivity index (χ1n) is 17.3. The standard InChI is InChI=1S/C28H28FN2SSi.C13H24O2.Ir/c1-16-20-11-9-19(33(5,6)7)12-17(20)13-22(24(16)29)26-27-25(30-15-31-26)21-10-8-18(28(2,3)4)14-23(21)32-27;1-5-10(6-2)12(14)9-13(15)11(7-3)8-4;/h8-12,14-15H,1-7H3;9-11,14H,5-8H2,1-4H3;/q-1;;/b;12-9-;. The normalized spacial score (nSPS) is 12.5. The van der Waals surface area contributed by atoms with Crippen LogP contribution in [0.25, 0.3) is 42.3 Å². The van der Waals surface area contributed by atoms with E-state index in [0.29, 0.717) is 16.8 Å². The van der Waals surface area contributed by atoms with Crippen LogP contribution in [0.3, 0.4) is 0 Å². The van der Waals surface area contributed by atoms with Gasteiger partial charge in [0, 0.05) is 58.5 Å². The number of carbonyl (C=O) groups is 1. The molecule has 0 aliphatic heterocycles. The molecule has 0 fully saturated rings. The zero-order chi connectivity index (χ0) is 35.6. The number of benzene rings is 3. The van der Waals surface area contributed by atoms with E-state index in [1.54, 1.807) is 17.7 Å². The van der Waals surface area contributed by atoms with E-state index >= 15 is 4.39 Å². The first-order chi connectivity index (χ1) is 22.5. The van der Waals surface area contributed by atoms with Crippen molar-refractivity contribution in [3.8, 4) is 11.3 Å². The number of aromatic nitrogens is 2. The topological polar surface area (TPSA) is 63.1 Å². The Morgan fingerprint density at radius 3 is 2.14 bits per heavy atom. The molecule has 5 rings (SSSR count). The minimum atomic E-state index is -1.50. The summed E-state index contributed by atoms with van der Waals surface area (Å²) < 4.78 is 17.7. The molecule has 0 amide bonds. The van der Waals surface area contributed by atoms with Gasteiger partial charge >= 0.3 is 0 Å². The van der Waals surface area contributed by atoms with Gasteiger partial charge in [-0.15, -0.1) is 28.9 Å². The van der Waals surface area contributed by atoms with Crippen LogP contribution in [0.15, 0.2) is 54.6 Å². The molecule has 4 nitrogen and oxygen atoms in total. The summed E-state index contributed by atoms with van der Waals surface area (Å²) in [5.74, 6) is 0.294. The zero-order valence-electron chi connectivity index (χ0n) is 31.0. The van der Waals surface area contributed by atoms with Crippen molar-refractivity contribution in [2.24, 2.45) is 11.8 Å². The van der Waals surface area contributed by atoms with E-state index in [4.69, 9.17) is 0 Å². The summed E-state index contributed by atoms with van der Waals surface area (Å²) in [6, 6.07) is 16.3. The van der Waals surface area contributed by atoms with Crippen molar-refractivity contribution < 1.29 is 34.4 Å². The van der Waals surface area contributed by atoms with Gasteiger partial charge in [-0.3, -0.25) is 14.2 Å². The molecule has 0 saturated heterocycles. The molecule has 265 valence electrons. The predicted molar refractivity (Wildman–Crippen MR) is 207 cm³/mol. The Hall–Kier alpha value is -2.77. The molecule has 5 aromatic rings. The van der Waals surface area contributed by atoms with E-state index in [2.05, 4.69) is 86.8 Å². The fraction of sp³-hybridized carbons (Fsp3) is 0.439. The number of hydrogen-bond acceptors (Lipinski definition) is 5. The molecule has 0 unspecified atom stereocenters. The Kier molecular flexibility index (Phi) is 13.7. The van der Waals surface area contributed by atoms with Crippen molar-refractivity contribution in [2.45, 2.75) is 106 Å². The van der Waals surface area contributed by atoms with Crippen LogP contribution in [0.5, 0.6) is 0 Å². The van der Waals surface area contributed by atoms with Crippen LogP contribution in [-0.2, 0) is 30.3 Å². The molecule has 0 bridgehead atoms. The summed E-state index contributed by atoms with van der Waals surface area (Å²) in [4.78, 5) is 20.9. The number of aliphatic hydroxyl groups excluding tert-OH is 1. The van der Waals surface area contributed by atoms with Crippen LogP contribution in [-0.4, -0.2) is 28.9 Å². The van der Waals surface area contributed by atoms with Crippen LogP contribution >= 0.6 is 11.3 Å². The molecule has 0 aliphatic carbocycles. The maximum absolute atomic E-state index is 15.7. The monoisotopic (exact) mass is 876 g/mol. The van der Waals surface area contributed by atoms with Gasteiger partial charge in [0.1, 0.15) is 6.33 Å². The summed E-state index contributed by atoms with van der Waals surface area (Å²) in [5.41, 5.74) is 3.91. The Labute approximate surface area is 311 Å². The molecule has 1 N–H and O–H groups in total. The number of aryl methyl sites for hydroxylation is 1. The molecule has 0 saturated carbocycles. The van der Waals surface area contributed by atoms with Gasteiger partial charge in [0.2, 0.25) is 0 Å². The van der Waals surface area contributed by atoms with Gasteiger partial charge in [0.15, 0.2) is 5.78 Å². The summed E-state index contributed by atoms with van der Waals surface area (Å²) in [7, 11) is -1.50. The first kappa shape index (κ1) is 40.7. The third kappa shape index (κ3) is 8.94. The van der Waals surface area contributed by atoms with E-state index in [1.165, 1.54) is 16.8 Å². The van der Waals surface area contributed by atoms with Gasteiger partial charge in [-0.25, -0.2) is 4.98 Å². The van der Waals surface area contributed by atoms with Gasteiger partial charge in [0.05, 0.1) is 25.2 Å². The molecule has 3 aromatic carbocycles. The van der Waals surface area contributed by atoms with E-state index in [0.717, 1.165) is 56.8 Å². The molecular weight excluding hydrogens is 824 g/mol. The average molecular weight is 876 g/mol. The van der Waals surface area contributed by atoms with Crippen molar-refractivity contribution in [1.29, 1.82) is 0 Å². The largest absolute Gasteiger partial charge is 0.512 e. The van der Waals surface area contributed by atoms with Crippen LogP contribution in [0.4, 0.5) is 4.39 Å². The molecule has 2 heterocycles. The minimum absolute atomic E-state index is 0. The number of halogens is 1. The van der Waals surface area contributed by atoms with Gasteiger partial charge in [0.25, 0.3) is 0 Å². The summed E-state index contributed by atoms with van der Waals surface area (Å²) in [6.45, 7) is 23.5. The van der Waals surface area contributed by atoms with Crippen molar-refractivity contribution in [3.63, 3.8) is 0 Å². The SMILES string of the molecule is CCC(CC)C(=O)/C=C(\O)C(CC)CC.Cc1c(F)c(-c2ncnc3c2sc2cc(C(C)(C)C)ccc23)[c-]c2cc([Si](C)(C)C)ccc12.[Ir]. The summed E-state index contributed by atoms with van der Waals surface area (Å²) in [6.07, 6.45) is 6.45. The van der Waals surface area contributed by atoms with Crippen molar-refractivity contribution in [3.05, 3.63) is 77.6 Å². The Bertz CT molecular complexity index is 1960. The maximum atomic E-state index is 15.7. The number of fused-ring (bicyclic) bond motifs is 4. The van der Waals surface area contributed by atoms with E-state index < -0.39 is 8.07 Å². The third-order valence-electron chi connectivity index (χ3n) is 9.54. The fourth-order valence-electron chi connectivity index (χ4n) is 6.10.